The van der Waals surface area contributed by atoms with Crippen LogP contribution >= 0.6 is 23.8 Å². The maximum absolute atomic E-state index is 12.3. The van der Waals surface area contributed by atoms with Crippen LogP contribution < -0.4 is 10.5 Å². The summed E-state index contributed by atoms with van der Waals surface area (Å²) in [6.45, 7) is 1.92. The second-order valence-electron chi connectivity index (χ2n) is 4.48. The van der Waals surface area contributed by atoms with E-state index in [4.69, 9.17) is 29.6 Å². The molecule has 0 aliphatic heterocycles. The van der Waals surface area contributed by atoms with E-state index < -0.39 is 10.0 Å². The van der Waals surface area contributed by atoms with Crippen molar-refractivity contribution in [2.75, 3.05) is 4.72 Å². The van der Waals surface area contributed by atoms with Gasteiger partial charge in [0.15, 0.2) is 0 Å². The Kier molecular flexibility index (Phi) is 4.51. The minimum atomic E-state index is -3.77. The quantitative estimate of drug-likeness (QED) is 0.839. The summed E-state index contributed by atoms with van der Waals surface area (Å²) < 4.78 is 27.1. The van der Waals surface area contributed by atoms with Crippen LogP contribution in [0.2, 0.25) is 5.02 Å². The highest BCUT2D eigenvalue weighted by Crippen LogP contribution is 2.25. The number of hydrogen-bond acceptors (Lipinski definition) is 3. The van der Waals surface area contributed by atoms with Gasteiger partial charge >= 0.3 is 0 Å². The number of hydrogen-bond donors (Lipinski definition) is 2. The number of nitrogens with two attached hydrogens (primary N) is 1. The van der Waals surface area contributed by atoms with Gasteiger partial charge in [-0.3, -0.25) is 4.72 Å². The molecule has 0 spiro atoms. The first-order valence-electron chi connectivity index (χ1n) is 5.98. The number of halogens is 1. The highest BCUT2D eigenvalue weighted by Gasteiger charge is 2.18. The highest BCUT2D eigenvalue weighted by atomic mass is 35.5. The zero-order valence-corrected chi connectivity index (χ0v) is 13.5. The number of sulfonamides is 1. The van der Waals surface area contributed by atoms with E-state index in [2.05, 4.69) is 4.72 Å². The van der Waals surface area contributed by atoms with Crippen molar-refractivity contribution in [2.24, 2.45) is 5.73 Å². The molecule has 0 unspecified atom stereocenters. The zero-order chi connectivity index (χ0) is 15.6. The van der Waals surface area contributed by atoms with Gasteiger partial charge in [0, 0.05) is 11.3 Å². The second-order valence-corrected chi connectivity index (χ2v) is 6.98. The van der Waals surface area contributed by atoms with E-state index in [1.54, 1.807) is 12.1 Å². The molecule has 0 saturated carbocycles. The molecule has 2 aromatic carbocycles. The Morgan fingerprint density at radius 1 is 1.19 bits per heavy atom. The molecule has 0 radical (unpaired) electrons. The van der Waals surface area contributed by atoms with Crippen molar-refractivity contribution in [3.8, 4) is 0 Å². The standard InChI is InChI=1S/C14H13ClN2O2S2/c1-9-2-5-11(6-3-9)17-21(18,19)13-7-4-10(14(16)20)8-12(13)15/h2-8,17H,1H3,(H2,16,20). The predicted molar refractivity (Wildman–Crippen MR) is 89.3 cm³/mol. The number of benzene rings is 2. The van der Waals surface area contributed by atoms with Crippen molar-refractivity contribution in [1.82, 2.24) is 0 Å². The lowest BCUT2D eigenvalue weighted by atomic mass is 10.2. The van der Waals surface area contributed by atoms with Gasteiger partial charge in [-0.15, -0.1) is 0 Å². The average Bonchev–Trinajstić information content (AvgIpc) is 2.40. The van der Waals surface area contributed by atoms with Crippen LogP contribution in [-0.2, 0) is 10.0 Å². The molecule has 4 nitrogen and oxygen atoms in total. The minimum Gasteiger partial charge on any atom is -0.389 e. The van der Waals surface area contributed by atoms with Gasteiger partial charge in [-0.2, -0.15) is 0 Å². The van der Waals surface area contributed by atoms with Gasteiger partial charge in [-0.05, 0) is 31.2 Å². The molecule has 0 saturated heterocycles. The van der Waals surface area contributed by atoms with Crippen LogP contribution in [0.3, 0.4) is 0 Å². The SMILES string of the molecule is Cc1ccc(NS(=O)(=O)c2ccc(C(N)=S)cc2Cl)cc1. The number of aryl methyl sites for hydroxylation is 1. The molecular formula is C14H13ClN2O2S2. The summed E-state index contributed by atoms with van der Waals surface area (Å²) in [5.74, 6) is 0. The zero-order valence-electron chi connectivity index (χ0n) is 11.1. The third-order valence-electron chi connectivity index (χ3n) is 2.81. The van der Waals surface area contributed by atoms with E-state index >= 15 is 0 Å². The van der Waals surface area contributed by atoms with Gasteiger partial charge in [-0.25, -0.2) is 8.42 Å². The molecule has 0 aromatic heterocycles. The van der Waals surface area contributed by atoms with Crippen molar-refractivity contribution in [1.29, 1.82) is 0 Å². The first kappa shape index (κ1) is 15.8. The molecule has 3 N–H and O–H groups in total. The Morgan fingerprint density at radius 2 is 1.81 bits per heavy atom. The fraction of sp³-hybridized carbons (Fsp3) is 0.0714. The first-order valence-corrected chi connectivity index (χ1v) is 8.25. The van der Waals surface area contributed by atoms with E-state index in [1.807, 2.05) is 19.1 Å². The van der Waals surface area contributed by atoms with Crippen LogP contribution in [-0.4, -0.2) is 13.4 Å². The molecule has 21 heavy (non-hydrogen) atoms. The van der Waals surface area contributed by atoms with Crippen molar-refractivity contribution >= 4 is 44.5 Å². The molecule has 0 aliphatic rings. The summed E-state index contributed by atoms with van der Waals surface area (Å²) in [4.78, 5) is 0.136. The molecular weight excluding hydrogens is 328 g/mol. The predicted octanol–water partition coefficient (Wildman–Crippen LogP) is 3.08. The third kappa shape index (κ3) is 3.72. The van der Waals surface area contributed by atoms with E-state index in [0.717, 1.165) is 5.56 Å². The van der Waals surface area contributed by atoms with Gasteiger partial charge in [0.25, 0.3) is 10.0 Å². The largest absolute Gasteiger partial charge is 0.389 e. The van der Waals surface area contributed by atoms with Crippen molar-refractivity contribution < 1.29 is 8.42 Å². The van der Waals surface area contributed by atoms with E-state index in [9.17, 15) is 8.42 Å². The van der Waals surface area contributed by atoms with Gasteiger partial charge in [-0.1, -0.05) is 47.6 Å². The van der Waals surface area contributed by atoms with Gasteiger partial charge in [0.05, 0.1) is 5.02 Å². The summed E-state index contributed by atoms with van der Waals surface area (Å²) in [6, 6.07) is 11.3. The van der Waals surface area contributed by atoms with Crippen molar-refractivity contribution in [2.45, 2.75) is 11.8 Å². The fourth-order valence-electron chi connectivity index (χ4n) is 1.70. The van der Waals surface area contributed by atoms with Crippen LogP contribution in [0.25, 0.3) is 0 Å². The molecule has 2 aromatic rings. The van der Waals surface area contributed by atoms with E-state index in [0.29, 0.717) is 11.3 Å². The lowest BCUT2D eigenvalue weighted by Crippen LogP contribution is -2.15. The maximum atomic E-state index is 12.3. The topological polar surface area (TPSA) is 72.2 Å². The smallest absolute Gasteiger partial charge is 0.263 e. The second kappa shape index (κ2) is 6.01. The number of anilines is 1. The van der Waals surface area contributed by atoms with Crippen molar-refractivity contribution in [3.05, 3.63) is 58.6 Å². The van der Waals surface area contributed by atoms with Crippen LogP contribution in [0.4, 0.5) is 5.69 Å². The molecule has 7 heteroatoms. The highest BCUT2D eigenvalue weighted by molar-refractivity contribution is 7.92. The lowest BCUT2D eigenvalue weighted by molar-refractivity contribution is 0.601. The Hall–Kier alpha value is -1.63. The van der Waals surface area contributed by atoms with Crippen molar-refractivity contribution in [3.63, 3.8) is 0 Å². The molecule has 0 aliphatic carbocycles. The number of nitrogens with one attached hydrogen (secondary N) is 1. The van der Waals surface area contributed by atoms with E-state index in [1.165, 1.54) is 18.2 Å². The summed E-state index contributed by atoms with van der Waals surface area (Å²) in [6.07, 6.45) is 0. The fourth-order valence-corrected chi connectivity index (χ4v) is 3.44. The van der Waals surface area contributed by atoms with Crippen LogP contribution in [0, 0.1) is 6.92 Å². The summed E-state index contributed by atoms with van der Waals surface area (Å²) in [5, 5.41) is 0.0694. The number of thiocarbonyl (C=S) groups is 1. The molecule has 0 bridgehead atoms. The van der Waals surface area contributed by atoms with Crippen LogP contribution in [0.1, 0.15) is 11.1 Å². The summed E-state index contributed by atoms with van der Waals surface area (Å²) >= 11 is 10.8. The third-order valence-corrected chi connectivity index (χ3v) is 4.91. The van der Waals surface area contributed by atoms with Gasteiger partial charge in [0.1, 0.15) is 9.88 Å². The normalized spacial score (nSPS) is 11.1. The monoisotopic (exact) mass is 340 g/mol. The Labute approximate surface area is 134 Å². The Morgan fingerprint density at radius 3 is 2.33 bits per heavy atom. The molecule has 110 valence electrons. The van der Waals surface area contributed by atoms with Crippen LogP contribution in [0.15, 0.2) is 47.4 Å². The molecule has 0 amide bonds. The molecule has 0 fully saturated rings. The Balaban J connectivity index is 2.35. The Bertz CT molecular complexity index is 787. The van der Waals surface area contributed by atoms with E-state index in [-0.39, 0.29) is 14.9 Å². The summed E-state index contributed by atoms with van der Waals surface area (Å²) in [5.41, 5.74) is 7.51. The maximum Gasteiger partial charge on any atom is 0.263 e. The minimum absolute atomic E-state index is 0.0234. The lowest BCUT2D eigenvalue weighted by Gasteiger charge is -2.10. The summed E-state index contributed by atoms with van der Waals surface area (Å²) in [7, 11) is -3.77. The molecule has 0 atom stereocenters. The van der Waals surface area contributed by atoms with Gasteiger partial charge in [0.2, 0.25) is 0 Å². The van der Waals surface area contributed by atoms with Gasteiger partial charge < -0.3 is 5.73 Å². The molecule has 2 rings (SSSR count). The average molecular weight is 341 g/mol. The number of rotatable bonds is 4. The van der Waals surface area contributed by atoms with Crippen LogP contribution in [0.5, 0.6) is 0 Å². The first-order chi connectivity index (χ1) is 9.79. The molecule has 0 heterocycles.